The zero-order chi connectivity index (χ0) is 12.8. The largest absolute Gasteiger partial charge is 0.467 e. The fourth-order valence-electron chi connectivity index (χ4n) is 1.83. The molecule has 1 amide bonds. The van der Waals surface area contributed by atoms with Crippen molar-refractivity contribution in [3.05, 3.63) is 0 Å². The van der Waals surface area contributed by atoms with E-state index in [2.05, 4.69) is 15.4 Å². The Balaban J connectivity index is 2.49. The Morgan fingerprint density at radius 1 is 1.47 bits per heavy atom. The highest BCUT2D eigenvalue weighted by molar-refractivity contribution is 5.86. The molecule has 0 radical (unpaired) electrons. The lowest BCUT2D eigenvalue weighted by atomic mass is 10.0. The number of methoxy groups -OCH3 is 1. The summed E-state index contributed by atoms with van der Waals surface area (Å²) in [6, 6.07) is -0.611. The minimum absolute atomic E-state index is 0.0184. The first-order valence-corrected chi connectivity index (χ1v) is 5.79. The number of ether oxygens (including phenoxy) is 2. The molecule has 1 saturated heterocycles. The van der Waals surface area contributed by atoms with Crippen LogP contribution in [0.4, 0.5) is 0 Å². The first-order valence-electron chi connectivity index (χ1n) is 5.79. The summed E-state index contributed by atoms with van der Waals surface area (Å²) in [4.78, 5) is 23.1. The predicted octanol–water partition coefficient (Wildman–Crippen LogP) is -0.711. The van der Waals surface area contributed by atoms with Crippen LogP contribution < -0.4 is 10.6 Å². The Morgan fingerprint density at radius 3 is 2.76 bits per heavy atom. The lowest BCUT2D eigenvalue weighted by Crippen LogP contribution is -2.48. The van der Waals surface area contributed by atoms with Crippen LogP contribution in [0.15, 0.2) is 0 Å². The number of carbonyl (C=O) groups is 2. The Hall–Kier alpha value is -1.14. The number of hydrogen-bond donors (Lipinski definition) is 2. The summed E-state index contributed by atoms with van der Waals surface area (Å²) in [7, 11) is 1.30. The Labute approximate surface area is 101 Å². The van der Waals surface area contributed by atoms with Gasteiger partial charge in [0.15, 0.2) is 0 Å². The third-order valence-electron chi connectivity index (χ3n) is 2.80. The zero-order valence-electron chi connectivity index (χ0n) is 10.5. The van der Waals surface area contributed by atoms with Gasteiger partial charge in [0.2, 0.25) is 5.91 Å². The topological polar surface area (TPSA) is 76.7 Å². The van der Waals surface area contributed by atoms with Crippen molar-refractivity contribution in [2.24, 2.45) is 5.92 Å². The van der Waals surface area contributed by atoms with Gasteiger partial charge in [0.05, 0.1) is 26.2 Å². The number of likely N-dealkylation sites (N-methyl/N-ethyl adjacent to an activating group) is 1. The molecule has 6 heteroatoms. The summed E-state index contributed by atoms with van der Waals surface area (Å²) >= 11 is 0. The Kier molecular flexibility index (Phi) is 5.37. The first-order chi connectivity index (χ1) is 8.10. The maximum Gasteiger partial charge on any atom is 0.328 e. The van der Waals surface area contributed by atoms with Crippen molar-refractivity contribution in [3.8, 4) is 0 Å². The van der Waals surface area contributed by atoms with Crippen LogP contribution in [0, 0.1) is 5.92 Å². The second kappa shape index (κ2) is 6.56. The minimum Gasteiger partial charge on any atom is -0.467 e. The van der Waals surface area contributed by atoms with E-state index in [9.17, 15) is 9.59 Å². The van der Waals surface area contributed by atoms with Crippen LogP contribution in [-0.2, 0) is 19.1 Å². The molecule has 1 rings (SSSR count). The van der Waals surface area contributed by atoms with Gasteiger partial charge in [-0.15, -0.1) is 0 Å². The van der Waals surface area contributed by atoms with Gasteiger partial charge < -0.3 is 20.1 Å². The summed E-state index contributed by atoms with van der Waals surface area (Å²) in [5, 5.41) is 5.82. The lowest BCUT2D eigenvalue weighted by molar-refractivity contribution is -0.145. The molecule has 0 aromatic carbocycles. The van der Waals surface area contributed by atoms with Crippen LogP contribution in [0.1, 0.15) is 13.8 Å². The average molecular weight is 244 g/mol. The quantitative estimate of drug-likeness (QED) is 0.625. The second-order valence-electron chi connectivity index (χ2n) is 4.06. The summed E-state index contributed by atoms with van der Waals surface area (Å²) in [6.45, 7) is 5.27. The van der Waals surface area contributed by atoms with E-state index in [1.165, 1.54) is 7.11 Å². The van der Waals surface area contributed by atoms with Gasteiger partial charge in [-0.25, -0.2) is 4.79 Å². The van der Waals surface area contributed by atoms with Gasteiger partial charge in [0.1, 0.15) is 6.04 Å². The van der Waals surface area contributed by atoms with Gasteiger partial charge in [0, 0.05) is 6.04 Å². The van der Waals surface area contributed by atoms with Crippen LogP contribution in [0.3, 0.4) is 0 Å². The van der Waals surface area contributed by atoms with Crippen molar-refractivity contribution in [1.82, 2.24) is 10.6 Å². The number of hydrogen-bond acceptors (Lipinski definition) is 5. The lowest BCUT2D eigenvalue weighted by Gasteiger charge is -2.19. The van der Waals surface area contributed by atoms with Gasteiger partial charge >= 0.3 is 5.97 Å². The maximum atomic E-state index is 11.9. The first kappa shape index (κ1) is 13.9. The van der Waals surface area contributed by atoms with Gasteiger partial charge in [0.25, 0.3) is 0 Å². The molecule has 1 fully saturated rings. The number of esters is 1. The normalized spacial score (nSPS) is 25.4. The van der Waals surface area contributed by atoms with Crippen molar-refractivity contribution in [1.29, 1.82) is 0 Å². The van der Waals surface area contributed by atoms with Crippen LogP contribution in [0.5, 0.6) is 0 Å². The molecule has 1 aliphatic heterocycles. The molecule has 3 atom stereocenters. The molecule has 0 aromatic heterocycles. The summed E-state index contributed by atoms with van der Waals surface area (Å²) in [5.74, 6) is -0.870. The molecule has 0 aromatic rings. The zero-order valence-corrected chi connectivity index (χ0v) is 10.5. The summed E-state index contributed by atoms with van der Waals surface area (Å²) in [5.41, 5.74) is 0. The molecule has 2 unspecified atom stereocenters. The molecule has 1 aliphatic rings. The third-order valence-corrected chi connectivity index (χ3v) is 2.80. The van der Waals surface area contributed by atoms with Crippen LogP contribution in [0.25, 0.3) is 0 Å². The monoisotopic (exact) mass is 244 g/mol. The van der Waals surface area contributed by atoms with Crippen LogP contribution in [-0.4, -0.2) is 50.8 Å². The average Bonchev–Trinajstić information content (AvgIpc) is 2.76. The van der Waals surface area contributed by atoms with Crippen LogP contribution >= 0.6 is 0 Å². The smallest absolute Gasteiger partial charge is 0.328 e. The maximum absolute atomic E-state index is 11.9. The van der Waals surface area contributed by atoms with Crippen molar-refractivity contribution in [2.45, 2.75) is 25.9 Å². The van der Waals surface area contributed by atoms with Crippen molar-refractivity contribution in [2.75, 3.05) is 26.9 Å². The van der Waals surface area contributed by atoms with E-state index in [1.54, 1.807) is 6.92 Å². The van der Waals surface area contributed by atoms with E-state index < -0.39 is 12.0 Å². The van der Waals surface area contributed by atoms with Gasteiger partial charge in [-0.1, -0.05) is 6.92 Å². The molecule has 1 heterocycles. The molecule has 0 spiro atoms. The predicted molar refractivity (Wildman–Crippen MR) is 61.4 cm³/mol. The van der Waals surface area contributed by atoms with Gasteiger partial charge in [-0.3, -0.25) is 4.79 Å². The fourth-order valence-corrected chi connectivity index (χ4v) is 1.83. The molecular weight excluding hydrogens is 224 g/mol. The molecule has 17 heavy (non-hydrogen) atoms. The van der Waals surface area contributed by atoms with E-state index in [-0.39, 0.29) is 17.9 Å². The summed E-state index contributed by atoms with van der Waals surface area (Å²) < 4.78 is 9.82. The van der Waals surface area contributed by atoms with Crippen molar-refractivity contribution in [3.63, 3.8) is 0 Å². The minimum atomic E-state index is -0.629. The van der Waals surface area contributed by atoms with Gasteiger partial charge in [-0.05, 0) is 13.5 Å². The fraction of sp³-hybridized carbons (Fsp3) is 0.818. The van der Waals surface area contributed by atoms with Crippen molar-refractivity contribution >= 4 is 11.9 Å². The Bertz CT molecular complexity index is 283. The highest BCUT2D eigenvalue weighted by Crippen LogP contribution is 2.14. The molecule has 0 bridgehead atoms. The molecule has 0 saturated carbocycles. The highest BCUT2D eigenvalue weighted by atomic mass is 16.5. The van der Waals surface area contributed by atoms with Crippen LogP contribution in [0.2, 0.25) is 0 Å². The molecular formula is C11H20N2O4. The third kappa shape index (κ3) is 3.67. The number of amides is 1. The molecule has 0 aliphatic carbocycles. The van der Waals surface area contributed by atoms with E-state index in [0.29, 0.717) is 13.2 Å². The van der Waals surface area contributed by atoms with E-state index in [1.807, 2.05) is 6.92 Å². The highest BCUT2D eigenvalue weighted by Gasteiger charge is 2.34. The standard InChI is InChI=1S/C11H20N2O4/c1-4-12-9-6-17-5-8(9)10(14)13-7(2)11(15)16-3/h7-9,12H,4-6H2,1-3H3,(H,13,14)/t7-,8?,9?/m0/s1. The SMILES string of the molecule is CCNC1COCC1C(=O)N[C@@H](C)C(=O)OC. The number of nitrogens with one attached hydrogen (secondary N) is 2. The van der Waals surface area contributed by atoms with Gasteiger partial charge in [-0.2, -0.15) is 0 Å². The molecule has 2 N–H and O–H groups in total. The van der Waals surface area contributed by atoms with E-state index in [4.69, 9.17) is 4.74 Å². The molecule has 98 valence electrons. The Morgan fingerprint density at radius 2 is 2.18 bits per heavy atom. The molecule has 6 nitrogen and oxygen atoms in total. The number of carbonyl (C=O) groups excluding carboxylic acids is 2. The number of rotatable bonds is 5. The summed E-state index contributed by atoms with van der Waals surface area (Å²) in [6.07, 6.45) is 0. The second-order valence-corrected chi connectivity index (χ2v) is 4.06. The van der Waals surface area contributed by atoms with E-state index >= 15 is 0 Å². The van der Waals surface area contributed by atoms with E-state index in [0.717, 1.165) is 6.54 Å². The van der Waals surface area contributed by atoms with Crippen molar-refractivity contribution < 1.29 is 19.1 Å².